The summed E-state index contributed by atoms with van der Waals surface area (Å²) in [5.74, 6) is 1.05. The lowest BCUT2D eigenvalue weighted by Crippen LogP contribution is -2.51. The van der Waals surface area contributed by atoms with E-state index in [0.29, 0.717) is 5.54 Å². The van der Waals surface area contributed by atoms with E-state index >= 15 is 0 Å². The van der Waals surface area contributed by atoms with Crippen LogP contribution in [0.5, 0.6) is 0 Å². The SMILES string of the molecule is CNC1(CCN2CCN(CC3CC3)CC2)CCCCC1. The zero-order valence-corrected chi connectivity index (χ0v) is 13.4. The van der Waals surface area contributed by atoms with E-state index < -0.39 is 0 Å². The summed E-state index contributed by atoms with van der Waals surface area (Å²) in [7, 11) is 2.18. The molecular weight excluding hydrogens is 246 g/mol. The molecule has 2 saturated carbocycles. The van der Waals surface area contributed by atoms with Crippen molar-refractivity contribution in [3.63, 3.8) is 0 Å². The Balaban J connectivity index is 1.37. The van der Waals surface area contributed by atoms with Crippen LogP contribution in [0.4, 0.5) is 0 Å². The Labute approximate surface area is 125 Å². The van der Waals surface area contributed by atoms with Crippen LogP contribution in [0, 0.1) is 5.92 Å². The van der Waals surface area contributed by atoms with E-state index in [0.717, 1.165) is 5.92 Å². The first-order chi connectivity index (χ1) is 9.80. The Morgan fingerprint density at radius 1 is 0.950 bits per heavy atom. The van der Waals surface area contributed by atoms with Crippen LogP contribution in [-0.2, 0) is 0 Å². The van der Waals surface area contributed by atoms with E-state index in [-0.39, 0.29) is 0 Å². The fourth-order valence-electron chi connectivity index (χ4n) is 4.09. The highest BCUT2D eigenvalue weighted by Crippen LogP contribution is 2.31. The van der Waals surface area contributed by atoms with Crippen molar-refractivity contribution < 1.29 is 0 Å². The van der Waals surface area contributed by atoms with Crippen molar-refractivity contribution >= 4 is 0 Å². The van der Waals surface area contributed by atoms with E-state index in [1.54, 1.807) is 0 Å². The van der Waals surface area contributed by atoms with Crippen LogP contribution < -0.4 is 5.32 Å². The van der Waals surface area contributed by atoms with Gasteiger partial charge >= 0.3 is 0 Å². The molecule has 3 rings (SSSR count). The normalized spacial score (nSPS) is 28.6. The molecule has 2 aliphatic carbocycles. The van der Waals surface area contributed by atoms with Gasteiger partial charge in [0.15, 0.2) is 0 Å². The van der Waals surface area contributed by atoms with Crippen molar-refractivity contribution in [3.05, 3.63) is 0 Å². The second-order valence-electron chi connectivity index (χ2n) is 7.43. The molecule has 3 aliphatic rings. The number of nitrogens with one attached hydrogen (secondary N) is 1. The van der Waals surface area contributed by atoms with E-state index in [9.17, 15) is 0 Å². The van der Waals surface area contributed by atoms with Gasteiger partial charge in [0.25, 0.3) is 0 Å². The number of piperazine rings is 1. The molecule has 0 atom stereocenters. The molecule has 0 aromatic carbocycles. The van der Waals surface area contributed by atoms with Gasteiger partial charge in [-0.25, -0.2) is 0 Å². The predicted octanol–water partition coefficient (Wildman–Crippen LogP) is 2.33. The summed E-state index contributed by atoms with van der Waals surface area (Å²) in [5.41, 5.74) is 0.462. The number of hydrogen-bond donors (Lipinski definition) is 1. The van der Waals surface area contributed by atoms with Crippen LogP contribution in [0.2, 0.25) is 0 Å². The summed E-state index contributed by atoms with van der Waals surface area (Å²) in [6, 6.07) is 0. The van der Waals surface area contributed by atoms with Gasteiger partial charge in [-0.2, -0.15) is 0 Å². The molecule has 0 aromatic rings. The van der Waals surface area contributed by atoms with E-state index in [2.05, 4.69) is 22.2 Å². The summed E-state index contributed by atoms with van der Waals surface area (Å²) in [4.78, 5) is 5.40. The average Bonchev–Trinajstić information content (AvgIpc) is 3.32. The molecule has 1 aliphatic heterocycles. The van der Waals surface area contributed by atoms with Crippen LogP contribution in [-0.4, -0.2) is 61.7 Å². The maximum absolute atomic E-state index is 3.66. The van der Waals surface area contributed by atoms with Gasteiger partial charge in [-0.3, -0.25) is 0 Å². The molecular formula is C17H33N3. The first-order valence-electron chi connectivity index (χ1n) is 8.93. The minimum atomic E-state index is 0.462. The van der Waals surface area contributed by atoms with Crippen molar-refractivity contribution in [1.82, 2.24) is 15.1 Å². The molecule has 20 heavy (non-hydrogen) atoms. The minimum absolute atomic E-state index is 0.462. The van der Waals surface area contributed by atoms with Crippen molar-refractivity contribution in [3.8, 4) is 0 Å². The molecule has 0 aromatic heterocycles. The van der Waals surface area contributed by atoms with Crippen LogP contribution in [0.3, 0.4) is 0 Å². The lowest BCUT2D eigenvalue weighted by Gasteiger charge is -2.40. The topological polar surface area (TPSA) is 18.5 Å². The summed E-state index contributed by atoms with van der Waals surface area (Å²) >= 11 is 0. The van der Waals surface area contributed by atoms with Crippen molar-refractivity contribution in [2.45, 2.75) is 56.9 Å². The Kier molecular flexibility index (Phi) is 5.00. The van der Waals surface area contributed by atoms with Crippen LogP contribution in [0.1, 0.15) is 51.4 Å². The first kappa shape index (κ1) is 14.8. The second kappa shape index (κ2) is 6.76. The zero-order valence-electron chi connectivity index (χ0n) is 13.4. The molecule has 0 amide bonds. The molecule has 0 unspecified atom stereocenters. The Morgan fingerprint density at radius 3 is 2.20 bits per heavy atom. The van der Waals surface area contributed by atoms with Gasteiger partial charge in [0.1, 0.15) is 0 Å². The quantitative estimate of drug-likeness (QED) is 0.805. The van der Waals surface area contributed by atoms with Crippen molar-refractivity contribution in [1.29, 1.82) is 0 Å². The minimum Gasteiger partial charge on any atom is -0.314 e. The van der Waals surface area contributed by atoms with Gasteiger partial charge in [0.2, 0.25) is 0 Å². The second-order valence-corrected chi connectivity index (χ2v) is 7.43. The molecule has 0 radical (unpaired) electrons. The monoisotopic (exact) mass is 279 g/mol. The number of rotatable bonds is 6. The molecule has 3 heteroatoms. The maximum atomic E-state index is 3.66. The van der Waals surface area contributed by atoms with Gasteiger partial charge < -0.3 is 15.1 Å². The van der Waals surface area contributed by atoms with Crippen molar-refractivity contribution in [2.24, 2.45) is 5.92 Å². The molecule has 1 saturated heterocycles. The fourth-order valence-corrected chi connectivity index (χ4v) is 4.09. The van der Waals surface area contributed by atoms with Gasteiger partial charge in [0.05, 0.1) is 0 Å². The zero-order chi connectivity index (χ0) is 13.8. The van der Waals surface area contributed by atoms with Gasteiger partial charge in [0, 0.05) is 38.3 Å². The molecule has 3 nitrogen and oxygen atoms in total. The van der Waals surface area contributed by atoms with Gasteiger partial charge in [-0.05, 0) is 51.6 Å². The molecule has 0 bridgehead atoms. The predicted molar refractivity (Wildman–Crippen MR) is 85.1 cm³/mol. The standard InChI is InChI=1S/C17H33N3/c1-18-17(7-3-2-4-8-17)9-10-19-11-13-20(14-12-19)15-16-5-6-16/h16,18H,2-15H2,1H3. The van der Waals surface area contributed by atoms with Crippen LogP contribution in [0.25, 0.3) is 0 Å². The average molecular weight is 279 g/mol. The van der Waals surface area contributed by atoms with Gasteiger partial charge in [-0.1, -0.05) is 19.3 Å². The third-order valence-electron chi connectivity index (χ3n) is 5.93. The fraction of sp³-hybridized carbons (Fsp3) is 1.00. The number of hydrogen-bond acceptors (Lipinski definition) is 3. The Bertz CT molecular complexity index is 287. The third kappa shape index (κ3) is 3.96. The van der Waals surface area contributed by atoms with Crippen LogP contribution in [0.15, 0.2) is 0 Å². The lowest BCUT2D eigenvalue weighted by atomic mass is 9.79. The molecule has 1 heterocycles. The van der Waals surface area contributed by atoms with Gasteiger partial charge in [-0.15, -0.1) is 0 Å². The highest BCUT2D eigenvalue weighted by Gasteiger charge is 2.31. The third-order valence-corrected chi connectivity index (χ3v) is 5.93. The highest BCUT2D eigenvalue weighted by atomic mass is 15.3. The summed E-state index contributed by atoms with van der Waals surface area (Å²) < 4.78 is 0. The van der Waals surface area contributed by atoms with E-state index in [1.165, 1.54) is 90.6 Å². The molecule has 0 spiro atoms. The summed E-state index contributed by atoms with van der Waals surface area (Å²) in [5, 5.41) is 3.66. The Hall–Kier alpha value is -0.120. The van der Waals surface area contributed by atoms with Crippen molar-refractivity contribution in [2.75, 3.05) is 46.3 Å². The van der Waals surface area contributed by atoms with E-state index in [1.807, 2.05) is 0 Å². The first-order valence-corrected chi connectivity index (χ1v) is 8.93. The van der Waals surface area contributed by atoms with Crippen LogP contribution >= 0.6 is 0 Å². The molecule has 116 valence electrons. The Morgan fingerprint density at radius 2 is 1.60 bits per heavy atom. The maximum Gasteiger partial charge on any atom is 0.0190 e. The smallest absolute Gasteiger partial charge is 0.0190 e. The summed E-state index contributed by atoms with van der Waals surface area (Å²) in [6.07, 6.45) is 11.4. The highest BCUT2D eigenvalue weighted by molar-refractivity contribution is 4.91. The lowest BCUT2D eigenvalue weighted by molar-refractivity contribution is 0.111. The molecule has 1 N–H and O–H groups in total. The largest absolute Gasteiger partial charge is 0.314 e. The summed E-state index contributed by atoms with van der Waals surface area (Å²) in [6.45, 7) is 7.90. The van der Waals surface area contributed by atoms with E-state index in [4.69, 9.17) is 0 Å². The number of nitrogens with zero attached hydrogens (tertiary/aromatic N) is 2. The molecule has 3 fully saturated rings.